The summed E-state index contributed by atoms with van der Waals surface area (Å²) >= 11 is 0. The number of aryl methyl sites for hydroxylation is 1. The van der Waals surface area contributed by atoms with E-state index in [0.717, 1.165) is 25.7 Å². The molecule has 0 bridgehead atoms. The van der Waals surface area contributed by atoms with Crippen LogP contribution in [0.3, 0.4) is 0 Å². The van der Waals surface area contributed by atoms with E-state index < -0.39 is 0 Å². The number of aromatic hydroxyl groups is 1. The maximum absolute atomic E-state index is 9.97. The molecule has 1 nitrogen and oxygen atoms in total. The van der Waals surface area contributed by atoms with Gasteiger partial charge in [-0.15, -0.1) is 0 Å². The van der Waals surface area contributed by atoms with Crippen molar-refractivity contribution in [2.75, 3.05) is 0 Å². The van der Waals surface area contributed by atoms with E-state index in [-0.39, 0.29) is 0 Å². The Kier molecular flexibility index (Phi) is 4.19. The highest BCUT2D eigenvalue weighted by atomic mass is 16.3. The lowest BCUT2D eigenvalue weighted by molar-refractivity contribution is 0.473. The van der Waals surface area contributed by atoms with Crippen molar-refractivity contribution in [3.63, 3.8) is 0 Å². The van der Waals surface area contributed by atoms with Gasteiger partial charge in [0.2, 0.25) is 0 Å². The van der Waals surface area contributed by atoms with Gasteiger partial charge in [0.05, 0.1) is 0 Å². The quantitative estimate of drug-likeness (QED) is 0.727. The van der Waals surface area contributed by atoms with Crippen LogP contribution in [0.2, 0.25) is 0 Å². The largest absolute Gasteiger partial charge is 0.508 e. The van der Waals surface area contributed by atoms with Gasteiger partial charge >= 0.3 is 0 Å². The third-order valence-electron chi connectivity index (χ3n) is 6.27. The maximum Gasteiger partial charge on any atom is 0.115 e. The minimum Gasteiger partial charge on any atom is -0.508 e. The lowest BCUT2D eigenvalue weighted by Crippen LogP contribution is -2.24. The van der Waals surface area contributed by atoms with Gasteiger partial charge in [0.25, 0.3) is 0 Å². The lowest BCUT2D eigenvalue weighted by Gasteiger charge is -2.39. The first-order chi connectivity index (χ1) is 12.2. The van der Waals surface area contributed by atoms with E-state index >= 15 is 0 Å². The van der Waals surface area contributed by atoms with Crippen LogP contribution < -0.4 is 0 Å². The second kappa shape index (κ2) is 6.37. The van der Waals surface area contributed by atoms with Crippen molar-refractivity contribution < 1.29 is 5.11 Å². The third-order valence-corrected chi connectivity index (χ3v) is 6.27. The Bertz CT molecular complexity index is 843. The highest BCUT2D eigenvalue weighted by Crippen LogP contribution is 2.50. The van der Waals surface area contributed by atoms with Crippen LogP contribution in [0.15, 0.2) is 36.4 Å². The Morgan fingerprint density at radius 1 is 0.800 bits per heavy atom. The molecule has 130 valence electrons. The Balaban J connectivity index is 1.98. The highest BCUT2D eigenvalue weighted by Gasteiger charge is 2.35. The molecule has 2 aromatic carbocycles. The molecule has 0 aromatic heterocycles. The molecule has 4 rings (SSSR count). The standard InChI is InChI=1S/C24H28O/c1-4-15-7-9-21-18(11-15)12-16(5-2)24-22-10-8-20(25)14-19(22)13-17(6-3)23(21)24/h7-11,14,16-17,25H,4-6,12-13H2,1-3H3. The Morgan fingerprint density at radius 3 is 1.92 bits per heavy atom. The fourth-order valence-electron chi connectivity index (χ4n) is 4.91. The van der Waals surface area contributed by atoms with Crippen LogP contribution in [-0.2, 0) is 19.3 Å². The Labute approximate surface area is 151 Å². The Hall–Kier alpha value is -2.02. The van der Waals surface area contributed by atoms with Gasteiger partial charge in [-0.3, -0.25) is 0 Å². The molecule has 2 aromatic rings. The monoisotopic (exact) mass is 332 g/mol. The highest BCUT2D eigenvalue weighted by molar-refractivity contribution is 5.97. The summed E-state index contributed by atoms with van der Waals surface area (Å²) in [6.45, 7) is 6.86. The number of hydrogen-bond acceptors (Lipinski definition) is 1. The number of phenols is 1. The van der Waals surface area contributed by atoms with Crippen LogP contribution >= 0.6 is 0 Å². The molecule has 1 N–H and O–H groups in total. The first-order valence-corrected chi connectivity index (χ1v) is 9.84. The van der Waals surface area contributed by atoms with E-state index in [4.69, 9.17) is 0 Å². The minimum atomic E-state index is 0.398. The maximum atomic E-state index is 9.97. The minimum absolute atomic E-state index is 0.398. The molecule has 2 atom stereocenters. The fraction of sp³-hybridized carbons (Fsp3) is 0.417. The summed E-state index contributed by atoms with van der Waals surface area (Å²) in [6.07, 6.45) is 5.62. The van der Waals surface area contributed by atoms with Gasteiger partial charge in [-0.05, 0) is 95.0 Å². The molecule has 0 fully saturated rings. The van der Waals surface area contributed by atoms with Gasteiger partial charge in [0.1, 0.15) is 5.75 Å². The average molecular weight is 332 g/mol. The molecule has 2 aliphatic rings. The second-order valence-electron chi connectivity index (χ2n) is 7.63. The van der Waals surface area contributed by atoms with Crippen LogP contribution in [0, 0.1) is 11.8 Å². The molecule has 0 radical (unpaired) electrons. The third kappa shape index (κ3) is 2.61. The van der Waals surface area contributed by atoms with Crippen molar-refractivity contribution >= 4 is 11.1 Å². The molecule has 25 heavy (non-hydrogen) atoms. The first-order valence-electron chi connectivity index (χ1n) is 9.84. The molecule has 0 amide bonds. The summed E-state index contributed by atoms with van der Waals surface area (Å²) < 4.78 is 0. The molecular weight excluding hydrogens is 304 g/mol. The predicted octanol–water partition coefficient (Wildman–Crippen LogP) is 6.03. The molecule has 0 saturated carbocycles. The number of phenolic OH excluding ortho intramolecular Hbond substituents is 1. The van der Waals surface area contributed by atoms with Crippen LogP contribution in [0.1, 0.15) is 61.4 Å². The molecule has 2 unspecified atom stereocenters. The van der Waals surface area contributed by atoms with Gasteiger partial charge < -0.3 is 5.11 Å². The molecule has 0 spiro atoms. The van der Waals surface area contributed by atoms with Crippen molar-refractivity contribution in [2.45, 2.75) is 52.9 Å². The average Bonchev–Trinajstić information content (AvgIpc) is 2.65. The summed E-state index contributed by atoms with van der Waals surface area (Å²) in [6, 6.07) is 13.1. The Morgan fingerprint density at radius 2 is 1.36 bits per heavy atom. The van der Waals surface area contributed by atoms with Gasteiger partial charge in [-0.2, -0.15) is 0 Å². The zero-order chi connectivity index (χ0) is 17.6. The molecule has 0 heterocycles. The van der Waals surface area contributed by atoms with E-state index in [1.165, 1.54) is 28.7 Å². The predicted molar refractivity (Wildman–Crippen MR) is 106 cm³/mol. The summed E-state index contributed by atoms with van der Waals surface area (Å²) in [5.41, 5.74) is 10.4. The number of rotatable bonds is 3. The van der Waals surface area contributed by atoms with Crippen molar-refractivity contribution in [3.05, 3.63) is 64.2 Å². The van der Waals surface area contributed by atoms with Crippen LogP contribution in [-0.4, -0.2) is 5.11 Å². The second-order valence-corrected chi connectivity index (χ2v) is 7.63. The summed E-state index contributed by atoms with van der Waals surface area (Å²) in [5, 5.41) is 9.97. The summed E-state index contributed by atoms with van der Waals surface area (Å²) in [4.78, 5) is 0. The molecule has 2 aliphatic carbocycles. The zero-order valence-electron chi connectivity index (χ0n) is 15.6. The van der Waals surface area contributed by atoms with Crippen LogP contribution in [0.4, 0.5) is 0 Å². The van der Waals surface area contributed by atoms with Crippen molar-refractivity contribution in [1.29, 1.82) is 0 Å². The number of benzene rings is 2. The van der Waals surface area contributed by atoms with E-state index in [1.807, 2.05) is 12.1 Å². The summed E-state index contributed by atoms with van der Waals surface area (Å²) in [7, 11) is 0. The van der Waals surface area contributed by atoms with E-state index in [1.54, 1.807) is 16.7 Å². The van der Waals surface area contributed by atoms with Gasteiger partial charge in [0, 0.05) is 0 Å². The van der Waals surface area contributed by atoms with E-state index in [0.29, 0.717) is 17.6 Å². The molecule has 0 saturated heterocycles. The SMILES string of the molecule is CCc1ccc2c(c1)CC(CC)C1=C2C(CC)Cc2cc(O)ccc21. The van der Waals surface area contributed by atoms with Crippen molar-refractivity contribution in [3.8, 4) is 5.75 Å². The van der Waals surface area contributed by atoms with Gasteiger partial charge in [-0.25, -0.2) is 0 Å². The smallest absolute Gasteiger partial charge is 0.115 e. The fourth-order valence-corrected chi connectivity index (χ4v) is 4.91. The number of fused-ring (bicyclic) bond motifs is 4. The van der Waals surface area contributed by atoms with Crippen LogP contribution in [0.5, 0.6) is 5.75 Å². The van der Waals surface area contributed by atoms with Crippen LogP contribution in [0.25, 0.3) is 11.1 Å². The van der Waals surface area contributed by atoms with Gasteiger partial charge in [-0.1, -0.05) is 45.0 Å². The van der Waals surface area contributed by atoms with Gasteiger partial charge in [0.15, 0.2) is 0 Å². The molecular formula is C24H28O. The van der Waals surface area contributed by atoms with Crippen molar-refractivity contribution in [2.24, 2.45) is 11.8 Å². The summed E-state index contributed by atoms with van der Waals surface area (Å²) in [5.74, 6) is 1.55. The normalized spacial score (nSPS) is 21.6. The molecule has 1 heteroatoms. The topological polar surface area (TPSA) is 20.2 Å². The number of hydrogen-bond donors (Lipinski definition) is 1. The molecule has 0 aliphatic heterocycles. The lowest BCUT2D eigenvalue weighted by atomic mass is 9.65. The van der Waals surface area contributed by atoms with E-state index in [9.17, 15) is 5.11 Å². The van der Waals surface area contributed by atoms with E-state index in [2.05, 4.69) is 45.0 Å². The number of allylic oxidation sites excluding steroid dienone is 2. The zero-order valence-corrected chi connectivity index (χ0v) is 15.6. The first kappa shape index (κ1) is 16.4. The van der Waals surface area contributed by atoms with Crippen molar-refractivity contribution in [1.82, 2.24) is 0 Å².